The van der Waals surface area contributed by atoms with Crippen LogP contribution in [0, 0.1) is 5.82 Å². The molecule has 0 aromatic heterocycles. The summed E-state index contributed by atoms with van der Waals surface area (Å²) in [7, 11) is 0. The third kappa shape index (κ3) is 1.99. The lowest BCUT2D eigenvalue weighted by molar-refractivity contribution is 0.0760. The highest BCUT2D eigenvalue weighted by atomic mass is 19.1. The minimum absolute atomic E-state index is 0.0769. The molecule has 1 heterocycles. The van der Waals surface area contributed by atoms with Gasteiger partial charge in [-0.25, -0.2) is 4.39 Å². The van der Waals surface area contributed by atoms with E-state index in [2.05, 4.69) is 0 Å². The Morgan fingerprint density at radius 3 is 2.81 bits per heavy atom. The van der Waals surface area contributed by atoms with Crippen molar-refractivity contribution in [2.24, 2.45) is 0 Å². The van der Waals surface area contributed by atoms with Crippen LogP contribution in [0.5, 0.6) is 5.75 Å². The van der Waals surface area contributed by atoms with Crippen molar-refractivity contribution in [1.82, 2.24) is 4.90 Å². The highest BCUT2D eigenvalue weighted by Crippen LogP contribution is 2.19. The second kappa shape index (κ2) is 4.09. The fourth-order valence-electron chi connectivity index (χ4n) is 1.77. The molecule has 5 heteroatoms. The Morgan fingerprint density at radius 2 is 2.25 bits per heavy atom. The molecule has 1 amide bonds. The fraction of sp³-hybridized carbons (Fsp3) is 0.364. The molecule has 2 N–H and O–H groups in total. The van der Waals surface area contributed by atoms with E-state index in [1.165, 1.54) is 17.0 Å². The van der Waals surface area contributed by atoms with Crippen LogP contribution >= 0.6 is 0 Å². The molecule has 86 valence electrons. The number of hydrogen-bond donors (Lipinski definition) is 2. The molecule has 1 aliphatic heterocycles. The molecule has 16 heavy (non-hydrogen) atoms. The molecule has 0 saturated carbocycles. The largest absolute Gasteiger partial charge is 0.508 e. The number of aliphatic hydroxyl groups excluding tert-OH is 1. The van der Waals surface area contributed by atoms with Crippen LogP contribution < -0.4 is 0 Å². The van der Waals surface area contributed by atoms with Gasteiger partial charge in [0, 0.05) is 19.2 Å². The van der Waals surface area contributed by atoms with Gasteiger partial charge in [-0.15, -0.1) is 0 Å². The van der Waals surface area contributed by atoms with Crippen LogP contribution in [-0.2, 0) is 0 Å². The number of rotatable bonds is 1. The second-order valence-electron chi connectivity index (χ2n) is 3.86. The van der Waals surface area contributed by atoms with Gasteiger partial charge in [0.1, 0.15) is 11.6 Å². The summed E-state index contributed by atoms with van der Waals surface area (Å²) in [5, 5.41) is 18.3. The number of benzene rings is 1. The number of hydrogen-bond acceptors (Lipinski definition) is 3. The van der Waals surface area contributed by atoms with Crippen molar-refractivity contribution in [3.8, 4) is 5.75 Å². The number of carbonyl (C=O) groups excluding carboxylic acids is 1. The molecule has 0 radical (unpaired) electrons. The molecular formula is C11H12FNO3. The SMILES string of the molecule is O=C(c1ccc(O)cc1F)N1CCC(O)C1. The van der Waals surface area contributed by atoms with E-state index in [-0.39, 0.29) is 17.9 Å². The highest BCUT2D eigenvalue weighted by Gasteiger charge is 2.26. The molecule has 1 fully saturated rings. The second-order valence-corrected chi connectivity index (χ2v) is 3.86. The number of phenols is 1. The number of nitrogens with zero attached hydrogens (tertiary/aromatic N) is 1. The molecule has 1 aromatic carbocycles. The van der Waals surface area contributed by atoms with Crippen LogP contribution in [0.3, 0.4) is 0 Å². The third-order valence-electron chi connectivity index (χ3n) is 2.63. The van der Waals surface area contributed by atoms with Gasteiger partial charge in [0.15, 0.2) is 0 Å². The molecule has 1 saturated heterocycles. The van der Waals surface area contributed by atoms with E-state index in [1.807, 2.05) is 0 Å². The predicted octanol–water partition coefficient (Wildman–Crippen LogP) is 0.738. The maximum atomic E-state index is 13.4. The van der Waals surface area contributed by atoms with Gasteiger partial charge in [-0.2, -0.15) is 0 Å². The van der Waals surface area contributed by atoms with Crippen molar-refractivity contribution in [2.75, 3.05) is 13.1 Å². The maximum absolute atomic E-state index is 13.4. The Morgan fingerprint density at radius 1 is 1.50 bits per heavy atom. The number of β-amino-alcohol motifs (C(OH)–C–C–N with tert-alkyl or cyclic N) is 1. The van der Waals surface area contributed by atoms with Crippen molar-refractivity contribution >= 4 is 5.91 Å². The zero-order valence-electron chi connectivity index (χ0n) is 8.56. The first-order chi connectivity index (χ1) is 7.58. The maximum Gasteiger partial charge on any atom is 0.256 e. The van der Waals surface area contributed by atoms with Gasteiger partial charge in [0.25, 0.3) is 5.91 Å². The Balaban J connectivity index is 2.21. The third-order valence-corrected chi connectivity index (χ3v) is 2.63. The van der Waals surface area contributed by atoms with Crippen molar-refractivity contribution in [1.29, 1.82) is 0 Å². The smallest absolute Gasteiger partial charge is 0.256 e. The highest BCUT2D eigenvalue weighted by molar-refractivity contribution is 5.94. The Labute approximate surface area is 91.9 Å². The van der Waals surface area contributed by atoms with Gasteiger partial charge in [-0.3, -0.25) is 4.79 Å². The standard InChI is InChI=1S/C11H12FNO3/c12-10-5-7(14)1-2-9(10)11(16)13-4-3-8(15)6-13/h1-2,5,8,14-15H,3-4,6H2. The van der Waals surface area contributed by atoms with Crippen molar-refractivity contribution in [3.63, 3.8) is 0 Å². The number of likely N-dealkylation sites (tertiary alicyclic amines) is 1. The summed E-state index contributed by atoms with van der Waals surface area (Å²) in [6.07, 6.45) is -0.00467. The van der Waals surface area contributed by atoms with E-state index in [0.29, 0.717) is 13.0 Å². The van der Waals surface area contributed by atoms with Crippen LogP contribution in [0.25, 0.3) is 0 Å². The topological polar surface area (TPSA) is 60.8 Å². The minimum Gasteiger partial charge on any atom is -0.508 e. The summed E-state index contributed by atoms with van der Waals surface area (Å²) in [4.78, 5) is 13.2. The average molecular weight is 225 g/mol. The monoisotopic (exact) mass is 225 g/mol. The lowest BCUT2D eigenvalue weighted by Gasteiger charge is -2.15. The lowest BCUT2D eigenvalue weighted by Crippen LogP contribution is -2.30. The molecular weight excluding hydrogens is 213 g/mol. The molecule has 1 aliphatic rings. The number of carbonyl (C=O) groups is 1. The summed E-state index contributed by atoms with van der Waals surface area (Å²) in [5.41, 5.74) is -0.0769. The zero-order chi connectivity index (χ0) is 11.7. The quantitative estimate of drug-likeness (QED) is 0.741. The van der Waals surface area contributed by atoms with Gasteiger partial charge in [0.05, 0.1) is 11.7 Å². The van der Waals surface area contributed by atoms with Crippen LogP contribution in [0.1, 0.15) is 16.8 Å². The van der Waals surface area contributed by atoms with E-state index in [9.17, 15) is 14.3 Å². The Kier molecular flexibility index (Phi) is 2.78. The summed E-state index contributed by atoms with van der Waals surface area (Å²) < 4.78 is 13.4. The van der Waals surface area contributed by atoms with E-state index in [4.69, 9.17) is 5.11 Å². The van der Waals surface area contributed by atoms with E-state index >= 15 is 0 Å². The first kappa shape index (κ1) is 10.9. The summed E-state index contributed by atoms with van der Waals surface area (Å²) in [6, 6.07) is 3.42. The normalized spacial score (nSPS) is 20.1. The van der Waals surface area contributed by atoms with Gasteiger partial charge >= 0.3 is 0 Å². The number of phenolic OH excluding ortho intramolecular Hbond substituents is 1. The molecule has 0 spiro atoms. The van der Waals surface area contributed by atoms with Gasteiger partial charge < -0.3 is 15.1 Å². The Hall–Kier alpha value is -1.62. The van der Waals surface area contributed by atoms with Crippen LogP contribution in [0.2, 0.25) is 0 Å². The van der Waals surface area contributed by atoms with Crippen molar-refractivity contribution in [2.45, 2.75) is 12.5 Å². The van der Waals surface area contributed by atoms with Gasteiger partial charge in [-0.05, 0) is 18.6 Å². The van der Waals surface area contributed by atoms with E-state index < -0.39 is 17.8 Å². The number of amides is 1. The number of halogens is 1. The predicted molar refractivity (Wildman–Crippen MR) is 54.6 cm³/mol. The molecule has 0 bridgehead atoms. The fourth-order valence-corrected chi connectivity index (χ4v) is 1.77. The van der Waals surface area contributed by atoms with Crippen molar-refractivity contribution < 1.29 is 19.4 Å². The van der Waals surface area contributed by atoms with Gasteiger partial charge in [-0.1, -0.05) is 0 Å². The average Bonchev–Trinajstić information content (AvgIpc) is 2.64. The molecule has 4 nitrogen and oxygen atoms in total. The zero-order valence-corrected chi connectivity index (χ0v) is 8.56. The first-order valence-electron chi connectivity index (χ1n) is 5.04. The number of aliphatic hydroxyl groups is 1. The van der Waals surface area contributed by atoms with Crippen LogP contribution in [0.4, 0.5) is 4.39 Å². The lowest BCUT2D eigenvalue weighted by atomic mass is 10.2. The van der Waals surface area contributed by atoms with Crippen LogP contribution in [-0.4, -0.2) is 40.2 Å². The van der Waals surface area contributed by atoms with Crippen LogP contribution in [0.15, 0.2) is 18.2 Å². The van der Waals surface area contributed by atoms with E-state index in [1.54, 1.807) is 0 Å². The molecule has 1 unspecified atom stereocenters. The molecule has 2 rings (SSSR count). The molecule has 1 aromatic rings. The molecule has 1 atom stereocenters. The summed E-state index contributed by atoms with van der Waals surface area (Å²) >= 11 is 0. The minimum atomic E-state index is -0.744. The molecule has 0 aliphatic carbocycles. The summed E-state index contributed by atoms with van der Waals surface area (Å²) in [5.74, 6) is -1.41. The van der Waals surface area contributed by atoms with Crippen molar-refractivity contribution in [3.05, 3.63) is 29.6 Å². The van der Waals surface area contributed by atoms with E-state index in [0.717, 1.165) is 6.07 Å². The summed E-state index contributed by atoms with van der Waals surface area (Å²) in [6.45, 7) is 0.666. The number of aromatic hydroxyl groups is 1. The van der Waals surface area contributed by atoms with Gasteiger partial charge in [0.2, 0.25) is 0 Å². The first-order valence-corrected chi connectivity index (χ1v) is 5.04. The Bertz CT molecular complexity index is 422.